The Kier molecular flexibility index (Phi) is 2.96. The van der Waals surface area contributed by atoms with Gasteiger partial charge in [0.25, 0.3) is 0 Å². The summed E-state index contributed by atoms with van der Waals surface area (Å²) in [6.07, 6.45) is 2.52. The molecule has 15 heavy (non-hydrogen) atoms. The lowest BCUT2D eigenvalue weighted by Gasteiger charge is -2.24. The minimum atomic E-state index is 0.189. The van der Waals surface area contributed by atoms with Gasteiger partial charge in [-0.15, -0.1) is 0 Å². The molecule has 0 aromatic heterocycles. The standard InChI is InChI=1S/C13H18O2/c1-9(8-14)12-6-5-11-4-3-10(2)15-13(11)7-12/h5-7,9-10,14H,3-4,8H2,1-2H3. The van der Waals surface area contributed by atoms with Crippen molar-refractivity contribution in [3.8, 4) is 5.75 Å². The van der Waals surface area contributed by atoms with Crippen LogP contribution in [0.15, 0.2) is 18.2 Å². The Morgan fingerprint density at radius 3 is 3.07 bits per heavy atom. The van der Waals surface area contributed by atoms with Crippen LogP contribution in [0.2, 0.25) is 0 Å². The van der Waals surface area contributed by atoms with Crippen molar-refractivity contribution in [2.75, 3.05) is 6.61 Å². The summed E-state index contributed by atoms with van der Waals surface area (Å²) in [5.41, 5.74) is 2.45. The van der Waals surface area contributed by atoms with Crippen molar-refractivity contribution in [1.82, 2.24) is 0 Å². The molecule has 0 amide bonds. The van der Waals surface area contributed by atoms with Crippen LogP contribution < -0.4 is 4.74 Å². The summed E-state index contributed by atoms with van der Waals surface area (Å²) in [7, 11) is 0. The Balaban J connectivity index is 2.28. The summed E-state index contributed by atoms with van der Waals surface area (Å²) in [6, 6.07) is 6.30. The van der Waals surface area contributed by atoms with Crippen LogP contribution in [0.3, 0.4) is 0 Å². The van der Waals surface area contributed by atoms with Crippen LogP contribution in [-0.4, -0.2) is 17.8 Å². The molecule has 2 atom stereocenters. The monoisotopic (exact) mass is 206 g/mol. The van der Waals surface area contributed by atoms with Crippen molar-refractivity contribution in [2.45, 2.75) is 38.7 Å². The van der Waals surface area contributed by atoms with E-state index in [1.807, 2.05) is 6.92 Å². The van der Waals surface area contributed by atoms with Crippen molar-refractivity contribution in [3.63, 3.8) is 0 Å². The first-order valence-corrected chi connectivity index (χ1v) is 5.61. The maximum Gasteiger partial charge on any atom is 0.123 e. The number of aliphatic hydroxyl groups excluding tert-OH is 1. The van der Waals surface area contributed by atoms with Crippen LogP contribution in [0.1, 0.15) is 37.3 Å². The SMILES string of the molecule is CC1CCc2ccc(C(C)CO)cc2O1. The zero-order valence-corrected chi connectivity index (χ0v) is 9.36. The molecule has 2 rings (SSSR count). The van der Waals surface area contributed by atoms with Crippen molar-refractivity contribution >= 4 is 0 Å². The van der Waals surface area contributed by atoms with Crippen LogP contribution in [0, 0.1) is 0 Å². The summed E-state index contributed by atoms with van der Waals surface area (Å²) in [5, 5.41) is 9.10. The van der Waals surface area contributed by atoms with E-state index in [1.54, 1.807) is 0 Å². The van der Waals surface area contributed by atoms with Gasteiger partial charge < -0.3 is 9.84 Å². The van der Waals surface area contributed by atoms with Crippen LogP contribution in [0.25, 0.3) is 0 Å². The number of aliphatic hydroxyl groups is 1. The van der Waals surface area contributed by atoms with E-state index in [4.69, 9.17) is 9.84 Å². The van der Waals surface area contributed by atoms with Crippen LogP contribution in [-0.2, 0) is 6.42 Å². The van der Waals surface area contributed by atoms with E-state index in [2.05, 4.69) is 25.1 Å². The predicted molar refractivity (Wildman–Crippen MR) is 60.4 cm³/mol. The highest BCUT2D eigenvalue weighted by atomic mass is 16.5. The summed E-state index contributed by atoms with van der Waals surface area (Å²) in [4.78, 5) is 0. The Hall–Kier alpha value is -1.02. The number of hydrogen-bond acceptors (Lipinski definition) is 2. The fourth-order valence-corrected chi connectivity index (χ4v) is 1.93. The van der Waals surface area contributed by atoms with E-state index in [1.165, 1.54) is 5.56 Å². The Morgan fingerprint density at radius 2 is 2.33 bits per heavy atom. The summed E-state index contributed by atoms with van der Waals surface area (Å²) in [5.74, 6) is 1.20. The first-order valence-electron chi connectivity index (χ1n) is 5.61. The van der Waals surface area contributed by atoms with Gasteiger partial charge in [0, 0.05) is 12.5 Å². The number of benzene rings is 1. The van der Waals surface area contributed by atoms with E-state index < -0.39 is 0 Å². The molecule has 1 aliphatic heterocycles. The third-order valence-corrected chi connectivity index (χ3v) is 3.08. The van der Waals surface area contributed by atoms with Gasteiger partial charge in [-0.2, -0.15) is 0 Å². The van der Waals surface area contributed by atoms with Gasteiger partial charge in [0.1, 0.15) is 5.75 Å². The number of aryl methyl sites for hydroxylation is 1. The van der Waals surface area contributed by atoms with Crippen molar-refractivity contribution in [2.24, 2.45) is 0 Å². The van der Waals surface area contributed by atoms with E-state index in [0.29, 0.717) is 6.10 Å². The molecule has 1 N–H and O–H groups in total. The van der Waals surface area contributed by atoms with Gasteiger partial charge in [-0.25, -0.2) is 0 Å². The molecule has 2 heteroatoms. The van der Waals surface area contributed by atoms with Crippen molar-refractivity contribution in [1.29, 1.82) is 0 Å². The molecule has 0 radical (unpaired) electrons. The molecule has 2 unspecified atom stereocenters. The Bertz CT molecular complexity index is 346. The Morgan fingerprint density at radius 1 is 1.53 bits per heavy atom. The summed E-state index contributed by atoms with van der Waals surface area (Å²) in [6.45, 7) is 4.31. The lowest BCUT2D eigenvalue weighted by Crippen LogP contribution is -2.19. The van der Waals surface area contributed by atoms with E-state index >= 15 is 0 Å². The predicted octanol–water partition coefficient (Wildman–Crippen LogP) is 2.50. The second kappa shape index (κ2) is 4.23. The average Bonchev–Trinajstić information content (AvgIpc) is 2.27. The highest BCUT2D eigenvalue weighted by molar-refractivity contribution is 5.40. The fourth-order valence-electron chi connectivity index (χ4n) is 1.93. The van der Waals surface area contributed by atoms with Crippen molar-refractivity contribution in [3.05, 3.63) is 29.3 Å². The normalized spacial score (nSPS) is 21.7. The van der Waals surface area contributed by atoms with E-state index in [-0.39, 0.29) is 12.5 Å². The molecule has 0 saturated carbocycles. The smallest absolute Gasteiger partial charge is 0.123 e. The van der Waals surface area contributed by atoms with E-state index in [0.717, 1.165) is 24.2 Å². The topological polar surface area (TPSA) is 29.5 Å². The highest BCUT2D eigenvalue weighted by Gasteiger charge is 2.17. The molecule has 0 bridgehead atoms. The molecule has 2 nitrogen and oxygen atoms in total. The van der Waals surface area contributed by atoms with Gasteiger partial charge in [-0.05, 0) is 37.0 Å². The third kappa shape index (κ3) is 2.15. The summed E-state index contributed by atoms with van der Waals surface area (Å²) >= 11 is 0. The molecular formula is C13H18O2. The highest BCUT2D eigenvalue weighted by Crippen LogP contribution is 2.30. The maximum atomic E-state index is 9.10. The van der Waals surface area contributed by atoms with Crippen LogP contribution in [0.4, 0.5) is 0 Å². The average molecular weight is 206 g/mol. The Labute approximate surface area is 90.9 Å². The molecule has 0 saturated heterocycles. The quantitative estimate of drug-likeness (QED) is 0.805. The van der Waals surface area contributed by atoms with Gasteiger partial charge >= 0.3 is 0 Å². The second-order valence-electron chi connectivity index (χ2n) is 4.42. The maximum absolute atomic E-state index is 9.10. The number of ether oxygens (including phenoxy) is 1. The zero-order valence-electron chi connectivity index (χ0n) is 9.36. The van der Waals surface area contributed by atoms with Crippen molar-refractivity contribution < 1.29 is 9.84 Å². The lowest BCUT2D eigenvalue weighted by atomic mass is 9.96. The largest absolute Gasteiger partial charge is 0.490 e. The molecule has 1 heterocycles. The molecule has 1 aromatic carbocycles. The molecule has 82 valence electrons. The van der Waals surface area contributed by atoms with Gasteiger partial charge in [-0.3, -0.25) is 0 Å². The molecule has 1 aliphatic rings. The van der Waals surface area contributed by atoms with Gasteiger partial charge in [0.15, 0.2) is 0 Å². The zero-order chi connectivity index (χ0) is 10.8. The minimum absolute atomic E-state index is 0.189. The minimum Gasteiger partial charge on any atom is -0.490 e. The number of rotatable bonds is 2. The molecular weight excluding hydrogens is 188 g/mol. The van der Waals surface area contributed by atoms with E-state index in [9.17, 15) is 0 Å². The van der Waals surface area contributed by atoms with Gasteiger partial charge in [0.2, 0.25) is 0 Å². The van der Waals surface area contributed by atoms with Gasteiger partial charge in [0.05, 0.1) is 6.10 Å². The fraction of sp³-hybridized carbons (Fsp3) is 0.538. The van der Waals surface area contributed by atoms with Crippen LogP contribution in [0.5, 0.6) is 5.75 Å². The van der Waals surface area contributed by atoms with Gasteiger partial charge in [-0.1, -0.05) is 19.1 Å². The molecule has 0 fully saturated rings. The lowest BCUT2D eigenvalue weighted by molar-refractivity contribution is 0.192. The molecule has 1 aromatic rings. The number of fused-ring (bicyclic) bond motifs is 1. The third-order valence-electron chi connectivity index (χ3n) is 3.08. The van der Waals surface area contributed by atoms with Crippen LogP contribution >= 0.6 is 0 Å². The first kappa shape index (κ1) is 10.5. The summed E-state index contributed by atoms with van der Waals surface area (Å²) < 4.78 is 5.79. The first-order chi connectivity index (χ1) is 7.20. The molecule has 0 aliphatic carbocycles. The second-order valence-corrected chi connectivity index (χ2v) is 4.42. The number of hydrogen-bond donors (Lipinski definition) is 1. The molecule has 0 spiro atoms.